The molecule has 0 saturated carbocycles. The van der Waals surface area contributed by atoms with E-state index in [2.05, 4.69) is 21.7 Å². The van der Waals surface area contributed by atoms with Crippen LogP contribution in [0.2, 0.25) is 0 Å². The molecule has 1 aromatic heterocycles. The molecule has 1 heterocycles. The highest BCUT2D eigenvalue weighted by molar-refractivity contribution is 7.80. The molecule has 0 amide bonds. The number of aryl methyl sites for hydroxylation is 2. The van der Waals surface area contributed by atoms with Crippen molar-refractivity contribution in [3.05, 3.63) is 57.8 Å². The number of thiocarbonyl (C=S) groups is 1. The van der Waals surface area contributed by atoms with E-state index in [1.165, 1.54) is 23.9 Å². The van der Waals surface area contributed by atoms with E-state index in [1.54, 1.807) is 0 Å². The van der Waals surface area contributed by atoms with Gasteiger partial charge in [-0.05, 0) is 43.8 Å². The SMILES string of the molecule is Cc1ccc(NC(=S)Nc2ccc([N+](=O)[O-])cn2)c(C)c1. The molecule has 0 unspecified atom stereocenters. The smallest absolute Gasteiger partial charge is 0.287 e. The van der Waals surface area contributed by atoms with E-state index in [1.807, 2.05) is 26.0 Å². The van der Waals surface area contributed by atoms with E-state index in [0.717, 1.165) is 11.3 Å². The first kappa shape index (κ1) is 14.9. The maximum absolute atomic E-state index is 10.5. The number of nitrogens with one attached hydrogen (secondary N) is 2. The van der Waals surface area contributed by atoms with Crippen molar-refractivity contribution in [3.8, 4) is 0 Å². The van der Waals surface area contributed by atoms with Gasteiger partial charge < -0.3 is 10.6 Å². The van der Waals surface area contributed by atoms with Crippen LogP contribution in [0.1, 0.15) is 11.1 Å². The Balaban J connectivity index is 2.02. The Kier molecular flexibility index (Phi) is 4.44. The molecular formula is C14H14N4O2S. The number of nitro groups is 1. The molecular weight excluding hydrogens is 288 g/mol. The van der Waals surface area contributed by atoms with Gasteiger partial charge in [0.2, 0.25) is 0 Å². The Hall–Kier alpha value is -2.54. The number of nitrogens with zero attached hydrogens (tertiary/aromatic N) is 2. The van der Waals surface area contributed by atoms with Gasteiger partial charge in [0.15, 0.2) is 5.11 Å². The summed E-state index contributed by atoms with van der Waals surface area (Å²) < 4.78 is 0. The molecule has 0 aliphatic rings. The van der Waals surface area contributed by atoms with Crippen LogP contribution in [-0.4, -0.2) is 15.0 Å². The Morgan fingerprint density at radius 2 is 2.00 bits per heavy atom. The van der Waals surface area contributed by atoms with Crippen molar-refractivity contribution < 1.29 is 4.92 Å². The molecule has 7 heteroatoms. The van der Waals surface area contributed by atoms with Gasteiger partial charge in [-0.25, -0.2) is 4.98 Å². The predicted molar refractivity (Wildman–Crippen MR) is 86.7 cm³/mol. The highest BCUT2D eigenvalue weighted by Crippen LogP contribution is 2.17. The molecule has 0 bridgehead atoms. The fourth-order valence-electron chi connectivity index (χ4n) is 1.79. The molecule has 6 nitrogen and oxygen atoms in total. The van der Waals surface area contributed by atoms with Gasteiger partial charge in [0, 0.05) is 11.8 Å². The van der Waals surface area contributed by atoms with Gasteiger partial charge in [0.05, 0.1) is 4.92 Å². The average molecular weight is 302 g/mol. The lowest BCUT2D eigenvalue weighted by Gasteiger charge is -2.12. The van der Waals surface area contributed by atoms with Crippen LogP contribution in [-0.2, 0) is 0 Å². The molecule has 0 atom stereocenters. The Bertz CT molecular complexity index is 686. The van der Waals surface area contributed by atoms with Gasteiger partial charge in [0.25, 0.3) is 5.69 Å². The largest absolute Gasteiger partial charge is 0.332 e. The van der Waals surface area contributed by atoms with Gasteiger partial charge in [0.1, 0.15) is 12.0 Å². The lowest BCUT2D eigenvalue weighted by Crippen LogP contribution is -2.20. The summed E-state index contributed by atoms with van der Waals surface area (Å²) in [6.45, 7) is 4.01. The van der Waals surface area contributed by atoms with Gasteiger partial charge in [-0.2, -0.15) is 0 Å². The van der Waals surface area contributed by atoms with E-state index in [-0.39, 0.29) is 5.69 Å². The third-order valence-electron chi connectivity index (χ3n) is 2.83. The molecule has 2 rings (SSSR count). The third-order valence-corrected chi connectivity index (χ3v) is 3.03. The number of rotatable bonds is 3. The van der Waals surface area contributed by atoms with Gasteiger partial charge in [-0.15, -0.1) is 0 Å². The molecule has 0 fully saturated rings. The summed E-state index contributed by atoms with van der Waals surface area (Å²) in [5.41, 5.74) is 3.10. The molecule has 2 aromatic rings. The van der Waals surface area contributed by atoms with Gasteiger partial charge in [-0.3, -0.25) is 10.1 Å². The Morgan fingerprint density at radius 3 is 2.57 bits per heavy atom. The third kappa shape index (κ3) is 3.96. The highest BCUT2D eigenvalue weighted by atomic mass is 32.1. The van der Waals surface area contributed by atoms with E-state index in [9.17, 15) is 10.1 Å². The number of hydrogen-bond acceptors (Lipinski definition) is 4. The van der Waals surface area contributed by atoms with Crippen LogP contribution in [0.25, 0.3) is 0 Å². The minimum Gasteiger partial charge on any atom is -0.332 e. The lowest BCUT2D eigenvalue weighted by molar-refractivity contribution is -0.385. The first-order valence-corrected chi connectivity index (χ1v) is 6.62. The maximum atomic E-state index is 10.5. The summed E-state index contributed by atoms with van der Waals surface area (Å²) in [6.07, 6.45) is 1.18. The summed E-state index contributed by atoms with van der Waals surface area (Å²) in [4.78, 5) is 14.0. The van der Waals surface area contributed by atoms with Crippen molar-refractivity contribution in [2.75, 3.05) is 10.6 Å². The average Bonchev–Trinajstić information content (AvgIpc) is 2.42. The summed E-state index contributed by atoms with van der Waals surface area (Å²) in [6, 6.07) is 8.86. The summed E-state index contributed by atoms with van der Waals surface area (Å²) in [5, 5.41) is 16.9. The minimum atomic E-state index is -0.497. The van der Waals surface area contributed by atoms with Crippen molar-refractivity contribution in [3.63, 3.8) is 0 Å². The summed E-state index contributed by atoms with van der Waals surface area (Å²) >= 11 is 5.20. The zero-order valence-electron chi connectivity index (χ0n) is 11.6. The second-order valence-corrected chi connectivity index (χ2v) is 4.96. The molecule has 0 spiro atoms. The molecule has 0 aliphatic heterocycles. The highest BCUT2D eigenvalue weighted by Gasteiger charge is 2.07. The monoisotopic (exact) mass is 302 g/mol. The van der Waals surface area contributed by atoms with E-state index in [4.69, 9.17) is 12.2 Å². The predicted octanol–water partition coefficient (Wildman–Crippen LogP) is 3.42. The maximum Gasteiger partial charge on any atom is 0.287 e. The topological polar surface area (TPSA) is 80.1 Å². The number of hydrogen-bond donors (Lipinski definition) is 2. The van der Waals surface area contributed by atoms with Gasteiger partial charge >= 0.3 is 0 Å². The second-order valence-electron chi connectivity index (χ2n) is 4.56. The van der Waals surface area contributed by atoms with Crippen molar-refractivity contribution >= 4 is 34.5 Å². The minimum absolute atomic E-state index is 0.0613. The summed E-state index contributed by atoms with van der Waals surface area (Å²) in [7, 11) is 0. The molecule has 21 heavy (non-hydrogen) atoms. The molecule has 0 saturated heterocycles. The normalized spacial score (nSPS) is 10.0. The fraction of sp³-hybridized carbons (Fsp3) is 0.143. The molecule has 108 valence electrons. The van der Waals surface area contributed by atoms with Crippen LogP contribution in [0.3, 0.4) is 0 Å². The second kappa shape index (κ2) is 6.27. The number of pyridine rings is 1. The first-order valence-electron chi connectivity index (χ1n) is 6.21. The standard InChI is InChI=1S/C14H14N4O2S/c1-9-3-5-12(10(2)7-9)16-14(21)17-13-6-4-11(8-15-13)18(19)20/h3-8H,1-2H3,(H2,15,16,17,21). The fourth-order valence-corrected chi connectivity index (χ4v) is 2.01. The quantitative estimate of drug-likeness (QED) is 0.514. The number of anilines is 2. The van der Waals surface area contributed by atoms with Crippen LogP contribution >= 0.6 is 12.2 Å². The molecule has 2 N–H and O–H groups in total. The molecule has 0 radical (unpaired) electrons. The van der Waals surface area contributed by atoms with E-state index in [0.29, 0.717) is 10.9 Å². The Labute approximate surface area is 127 Å². The lowest BCUT2D eigenvalue weighted by atomic mass is 10.1. The van der Waals surface area contributed by atoms with E-state index < -0.39 is 4.92 Å². The van der Waals surface area contributed by atoms with Crippen LogP contribution in [0.4, 0.5) is 17.2 Å². The van der Waals surface area contributed by atoms with Crippen molar-refractivity contribution in [2.24, 2.45) is 0 Å². The van der Waals surface area contributed by atoms with Crippen LogP contribution < -0.4 is 10.6 Å². The van der Waals surface area contributed by atoms with E-state index >= 15 is 0 Å². The summed E-state index contributed by atoms with van der Waals surface area (Å²) in [5.74, 6) is 0.447. The Morgan fingerprint density at radius 1 is 1.24 bits per heavy atom. The zero-order valence-corrected chi connectivity index (χ0v) is 12.4. The van der Waals surface area contributed by atoms with Gasteiger partial charge in [-0.1, -0.05) is 17.7 Å². The van der Waals surface area contributed by atoms with Crippen molar-refractivity contribution in [1.29, 1.82) is 0 Å². The first-order chi connectivity index (χ1) is 9.95. The number of benzene rings is 1. The van der Waals surface area contributed by atoms with Crippen LogP contribution in [0.5, 0.6) is 0 Å². The van der Waals surface area contributed by atoms with Crippen molar-refractivity contribution in [2.45, 2.75) is 13.8 Å². The van der Waals surface area contributed by atoms with Crippen molar-refractivity contribution in [1.82, 2.24) is 4.98 Å². The van der Waals surface area contributed by atoms with Crippen LogP contribution in [0, 0.1) is 24.0 Å². The number of aromatic nitrogens is 1. The molecule has 0 aliphatic carbocycles. The van der Waals surface area contributed by atoms with Crippen LogP contribution in [0.15, 0.2) is 36.5 Å². The zero-order chi connectivity index (χ0) is 15.4. The molecule has 1 aromatic carbocycles.